The van der Waals surface area contributed by atoms with E-state index in [4.69, 9.17) is 4.74 Å². The number of nitrogens with zero attached hydrogens (tertiary/aromatic N) is 1. The fourth-order valence-electron chi connectivity index (χ4n) is 1.80. The van der Waals surface area contributed by atoms with Gasteiger partial charge in [-0.3, -0.25) is 0 Å². The number of rotatable bonds is 7. The lowest BCUT2D eigenvalue weighted by Gasteiger charge is -2.13. The maximum absolute atomic E-state index is 11.5. The molecule has 0 aliphatic carbocycles. The molecule has 2 N–H and O–H groups in total. The van der Waals surface area contributed by atoms with Crippen LogP contribution in [-0.2, 0) is 0 Å². The maximum atomic E-state index is 11.5. The van der Waals surface area contributed by atoms with Gasteiger partial charge in [-0.05, 0) is 39.1 Å². The summed E-state index contributed by atoms with van der Waals surface area (Å²) >= 11 is 0. The van der Waals surface area contributed by atoms with Gasteiger partial charge in [0.2, 0.25) is 0 Å². The SMILES string of the molecule is Cc1cccc(C)c1OCCNC(=O)NCCN(C)C. The molecule has 20 heavy (non-hydrogen) atoms. The minimum absolute atomic E-state index is 0.156. The van der Waals surface area contributed by atoms with Crippen LogP contribution in [0.5, 0.6) is 5.75 Å². The molecule has 1 rings (SSSR count). The van der Waals surface area contributed by atoms with Gasteiger partial charge in [-0.1, -0.05) is 18.2 Å². The molecule has 0 aliphatic heterocycles. The van der Waals surface area contributed by atoms with Crippen molar-refractivity contribution >= 4 is 6.03 Å². The lowest BCUT2D eigenvalue weighted by atomic mass is 10.1. The summed E-state index contributed by atoms with van der Waals surface area (Å²) in [7, 11) is 3.94. The van der Waals surface area contributed by atoms with E-state index in [0.717, 1.165) is 23.4 Å². The van der Waals surface area contributed by atoms with Gasteiger partial charge in [-0.2, -0.15) is 0 Å². The molecule has 112 valence electrons. The Bertz CT molecular complexity index is 413. The van der Waals surface area contributed by atoms with Crippen LogP contribution in [0, 0.1) is 13.8 Å². The highest BCUT2D eigenvalue weighted by atomic mass is 16.5. The van der Waals surface area contributed by atoms with Crippen molar-refractivity contribution in [2.24, 2.45) is 0 Å². The monoisotopic (exact) mass is 279 g/mol. The highest BCUT2D eigenvalue weighted by molar-refractivity contribution is 5.73. The first kappa shape index (κ1) is 16.3. The normalized spacial score (nSPS) is 10.4. The van der Waals surface area contributed by atoms with Gasteiger partial charge in [0.25, 0.3) is 0 Å². The molecule has 1 aromatic rings. The van der Waals surface area contributed by atoms with E-state index in [1.165, 1.54) is 0 Å². The molecule has 0 aromatic heterocycles. The number of nitrogens with one attached hydrogen (secondary N) is 2. The Morgan fingerprint density at radius 3 is 2.35 bits per heavy atom. The minimum Gasteiger partial charge on any atom is -0.491 e. The Morgan fingerprint density at radius 2 is 1.75 bits per heavy atom. The number of benzene rings is 1. The van der Waals surface area contributed by atoms with E-state index < -0.39 is 0 Å². The van der Waals surface area contributed by atoms with Gasteiger partial charge < -0.3 is 20.3 Å². The van der Waals surface area contributed by atoms with Crippen LogP contribution in [0.15, 0.2) is 18.2 Å². The zero-order valence-electron chi connectivity index (χ0n) is 12.8. The number of aryl methyl sites for hydroxylation is 2. The quantitative estimate of drug-likeness (QED) is 0.745. The van der Waals surface area contributed by atoms with Crippen LogP contribution in [-0.4, -0.2) is 51.3 Å². The lowest BCUT2D eigenvalue weighted by Crippen LogP contribution is -2.40. The molecular formula is C15H25N3O2. The number of carbonyl (C=O) groups excluding carboxylic acids is 1. The number of para-hydroxylation sites is 1. The molecule has 5 heteroatoms. The Morgan fingerprint density at radius 1 is 1.15 bits per heavy atom. The van der Waals surface area contributed by atoms with Crippen molar-refractivity contribution < 1.29 is 9.53 Å². The van der Waals surface area contributed by atoms with Crippen molar-refractivity contribution in [3.8, 4) is 5.75 Å². The second-order valence-electron chi connectivity index (χ2n) is 5.06. The Hall–Kier alpha value is -1.75. The molecule has 0 radical (unpaired) electrons. The zero-order chi connectivity index (χ0) is 15.0. The second kappa shape index (κ2) is 8.43. The van der Waals surface area contributed by atoms with E-state index in [1.54, 1.807) is 0 Å². The Balaban J connectivity index is 2.20. The summed E-state index contributed by atoms with van der Waals surface area (Å²) in [5, 5.41) is 5.56. The molecule has 0 spiro atoms. The van der Waals surface area contributed by atoms with E-state index in [9.17, 15) is 4.79 Å². The van der Waals surface area contributed by atoms with Crippen LogP contribution in [0.3, 0.4) is 0 Å². The number of urea groups is 1. The smallest absolute Gasteiger partial charge is 0.314 e. The number of hydrogen-bond donors (Lipinski definition) is 2. The third-order valence-electron chi connectivity index (χ3n) is 2.89. The average Bonchev–Trinajstić information content (AvgIpc) is 2.37. The summed E-state index contributed by atoms with van der Waals surface area (Å²) in [6, 6.07) is 5.89. The van der Waals surface area contributed by atoms with Gasteiger partial charge in [0.1, 0.15) is 12.4 Å². The third-order valence-corrected chi connectivity index (χ3v) is 2.89. The standard InChI is InChI=1S/C15H25N3O2/c1-12-6-5-7-13(2)14(12)20-11-9-17-15(19)16-8-10-18(3)4/h5-7H,8-11H2,1-4H3,(H2,16,17,19). The molecular weight excluding hydrogens is 254 g/mol. The van der Waals surface area contributed by atoms with Crippen molar-refractivity contribution in [2.45, 2.75) is 13.8 Å². The maximum Gasteiger partial charge on any atom is 0.314 e. The predicted octanol–water partition coefficient (Wildman–Crippen LogP) is 1.54. The van der Waals surface area contributed by atoms with Crippen molar-refractivity contribution in [1.82, 2.24) is 15.5 Å². The fourth-order valence-corrected chi connectivity index (χ4v) is 1.80. The zero-order valence-corrected chi connectivity index (χ0v) is 12.8. The van der Waals surface area contributed by atoms with Crippen molar-refractivity contribution in [2.75, 3.05) is 40.3 Å². The van der Waals surface area contributed by atoms with E-state index in [2.05, 4.69) is 10.6 Å². The Kier molecular flexibility index (Phi) is 6.87. The molecule has 0 bridgehead atoms. The number of carbonyl (C=O) groups is 1. The number of hydrogen-bond acceptors (Lipinski definition) is 3. The summed E-state index contributed by atoms with van der Waals surface area (Å²) in [5.41, 5.74) is 2.22. The first-order valence-electron chi connectivity index (χ1n) is 6.86. The average molecular weight is 279 g/mol. The van der Waals surface area contributed by atoms with E-state index in [-0.39, 0.29) is 6.03 Å². The minimum atomic E-state index is -0.156. The second-order valence-corrected chi connectivity index (χ2v) is 5.06. The molecule has 0 heterocycles. The predicted molar refractivity (Wildman–Crippen MR) is 81.4 cm³/mol. The van der Waals surface area contributed by atoms with Crippen LogP contribution in [0.2, 0.25) is 0 Å². The summed E-state index contributed by atoms with van der Waals surface area (Å²) in [5.74, 6) is 0.905. The van der Waals surface area contributed by atoms with Gasteiger partial charge in [-0.25, -0.2) is 4.79 Å². The number of amides is 2. The highest BCUT2D eigenvalue weighted by Gasteiger charge is 2.03. The number of ether oxygens (including phenoxy) is 1. The van der Waals surface area contributed by atoms with Gasteiger partial charge in [0.05, 0.1) is 6.54 Å². The topological polar surface area (TPSA) is 53.6 Å². The largest absolute Gasteiger partial charge is 0.491 e. The Labute approximate surface area is 121 Å². The number of likely N-dealkylation sites (N-methyl/N-ethyl adjacent to an activating group) is 1. The van der Waals surface area contributed by atoms with Crippen LogP contribution < -0.4 is 15.4 Å². The molecule has 0 atom stereocenters. The van der Waals surface area contributed by atoms with Gasteiger partial charge in [0, 0.05) is 13.1 Å². The van der Waals surface area contributed by atoms with Crippen molar-refractivity contribution in [3.05, 3.63) is 29.3 Å². The lowest BCUT2D eigenvalue weighted by molar-refractivity contribution is 0.235. The molecule has 0 unspecified atom stereocenters. The summed E-state index contributed by atoms with van der Waals surface area (Å²) in [4.78, 5) is 13.5. The summed E-state index contributed by atoms with van der Waals surface area (Å²) < 4.78 is 5.71. The first-order chi connectivity index (χ1) is 9.50. The van der Waals surface area contributed by atoms with Crippen LogP contribution in [0.4, 0.5) is 4.79 Å². The first-order valence-corrected chi connectivity index (χ1v) is 6.86. The third kappa shape index (κ3) is 5.93. The molecule has 1 aromatic carbocycles. The van der Waals surface area contributed by atoms with Gasteiger partial charge in [0.15, 0.2) is 0 Å². The molecule has 0 saturated heterocycles. The molecule has 0 saturated carbocycles. The van der Waals surface area contributed by atoms with Crippen LogP contribution in [0.25, 0.3) is 0 Å². The fraction of sp³-hybridized carbons (Fsp3) is 0.533. The van der Waals surface area contributed by atoms with Crippen LogP contribution in [0.1, 0.15) is 11.1 Å². The molecule has 2 amide bonds. The molecule has 0 aliphatic rings. The van der Waals surface area contributed by atoms with Gasteiger partial charge in [-0.15, -0.1) is 0 Å². The highest BCUT2D eigenvalue weighted by Crippen LogP contribution is 2.21. The van der Waals surface area contributed by atoms with Crippen molar-refractivity contribution in [3.63, 3.8) is 0 Å². The summed E-state index contributed by atoms with van der Waals surface area (Å²) in [6.45, 7) is 6.45. The van der Waals surface area contributed by atoms with Crippen molar-refractivity contribution in [1.29, 1.82) is 0 Å². The van der Waals surface area contributed by atoms with Crippen LogP contribution >= 0.6 is 0 Å². The molecule has 0 fully saturated rings. The van der Waals surface area contributed by atoms with E-state index in [1.807, 2.05) is 51.0 Å². The summed E-state index contributed by atoms with van der Waals surface area (Å²) in [6.07, 6.45) is 0. The van der Waals surface area contributed by atoms with E-state index >= 15 is 0 Å². The van der Waals surface area contributed by atoms with E-state index in [0.29, 0.717) is 19.7 Å². The molecule has 5 nitrogen and oxygen atoms in total. The van der Waals surface area contributed by atoms with Gasteiger partial charge >= 0.3 is 6.03 Å².